The number of carbonyl (C=O) groups is 2. The van der Waals surface area contributed by atoms with Crippen molar-refractivity contribution in [2.24, 2.45) is 0 Å². The Balaban J connectivity index is 2.86. The third-order valence-electron chi connectivity index (χ3n) is 3.09. The Morgan fingerprint density at radius 2 is 1.74 bits per heavy atom. The summed E-state index contributed by atoms with van der Waals surface area (Å²) in [6.07, 6.45) is -3.34. The van der Waals surface area contributed by atoms with Gasteiger partial charge in [0.1, 0.15) is 11.6 Å². The third-order valence-corrected chi connectivity index (χ3v) is 3.09. The highest BCUT2D eigenvalue weighted by molar-refractivity contribution is 5.80. The minimum atomic E-state index is -2.58. The number of alkyl halides is 2. The zero-order valence-electron chi connectivity index (χ0n) is 13.5. The van der Waals surface area contributed by atoms with Gasteiger partial charge in [0.05, 0.1) is 0 Å². The monoisotopic (exact) mass is 329 g/mol. The maximum Gasteiger partial charge on any atom is 0.410 e. The van der Waals surface area contributed by atoms with E-state index in [0.717, 1.165) is 4.90 Å². The quantitative estimate of drug-likeness (QED) is 0.898. The lowest BCUT2D eigenvalue weighted by molar-refractivity contribution is -0.142. The summed E-state index contributed by atoms with van der Waals surface area (Å²) in [5.74, 6) is -1.20. The predicted molar refractivity (Wildman–Crippen MR) is 80.5 cm³/mol. The number of benzene rings is 1. The Kier molecular flexibility index (Phi) is 6.06. The van der Waals surface area contributed by atoms with Crippen LogP contribution in [0.15, 0.2) is 24.3 Å². The smallest absolute Gasteiger partial charge is 0.410 e. The second-order valence-electron chi connectivity index (χ2n) is 6.19. The number of carbonyl (C=O) groups excluding carboxylic acids is 1. The van der Waals surface area contributed by atoms with E-state index in [0.29, 0.717) is 5.56 Å². The zero-order chi connectivity index (χ0) is 17.8. The minimum absolute atomic E-state index is 0.00536. The fraction of sp³-hybridized carbons (Fsp3) is 0.500. The number of carboxylic acid groups (broad SMARTS) is 1. The van der Waals surface area contributed by atoms with Gasteiger partial charge in [-0.05, 0) is 26.3 Å². The van der Waals surface area contributed by atoms with Crippen molar-refractivity contribution < 1.29 is 28.2 Å². The van der Waals surface area contributed by atoms with Gasteiger partial charge in [-0.2, -0.15) is 0 Å². The number of likely N-dealkylation sites (N-methyl/N-ethyl adjacent to an activating group) is 1. The van der Waals surface area contributed by atoms with E-state index in [1.165, 1.54) is 31.3 Å². The first-order chi connectivity index (χ1) is 10.5. The Hall–Kier alpha value is -2.18. The molecular weight excluding hydrogens is 308 g/mol. The second kappa shape index (κ2) is 7.39. The Bertz CT molecular complexity index is 552. The lowest BCUT2D eigenvalue weighted by atomic mass is 10.0. The summed E-state index contributed by atoms with van der Waals surface area (Å²) >= 11 is 0. The standard InChI is InChI=1S/C16H21F2NO4/c1-16(2,3)23-15(22)19(4)12(14(20)21)9-10-5-7-11(8-6-10)13(17)18/h5-8,12-13H,9H2,1-4H3,(H,20,21). The van der Waals surface area contributed by atoms with Crippen molar-refractivity contribution in [1.82, 2.24) is 4.90 Å². The average molecular weight is 329 g/mol. The molecule has 1 amide bonds. The summed E-state index contributed by atoms with van der Waals surface area (Å²) in [6.45, 7) is 5.03. The summed E-state index contributed by atoms with van der Waals surface area (Å²) in [7, 11) is 1.33. The molecule has 1 aromatic rings. The molecule has 0 bridgehead atoms. The fourth-order valence-corrected chi connectivity index (χ4v) is 1.87. The van der Waals surface area contributed by atoms with Crippen molar-refractivity contribution in [2.45, 2.75) is 45.3 Å². The average Bonchev–Trinajstić information content (AvgIpc) is 2.42. The number of amides is 1. The van der Waals surface area contributed by atoms with Crippen LogP contribution < -0.4 is 0 Å². The fourth-order valence-electron chi connectivity index (χ4n) is 1.87. The van der Waals surface area contributed by atoms with Gasteiger partial charge < -0.3 is 9.84 Å². The van der Waals surface area contributed by atoms with Gasteiger partial charge >= 0.3 is 12.1 Å². The van der Waals surface area contributed by atoms with Crippen LogP contribution in [0.1, 0.15) is 38.3 Å². The van der Waals surface area contributed by atoms with Crippen LogP contribution in [-0.2, 0) is 16.0 Å². The molecule has 0 spiro atoms. The Labute approximate surface area is 133 Å². The molecule has 0 aliphatic carbocycles. The molecule has 1 atom stereocenters. The van der Waals surface area contributed by atoms with Crippen LogP contribution in [0.4, 0.5) is 13.6 Å². The molecule has 5 nitrogen and oxygen atoms in total. The van der Waals surface area contributed by atoms with Crippen LogP contribution in [-0.4, -0.2) is 40.8 Å². The number of hydrogen-bond donors (Lipinski definition) is 1. The Morgan fingerprint density at radius 1 is 1.22 bits per heavy atom. The SMILES string of the molecule is CN(C(=O)OC(C)(C)C)C(Cc1ccc(C(F)F)cc1)C(=O)O. The van der Waals surface area contributed by atoms with Gasteiger partial charge in [0.2, 0.25) is 0 Å². The number of nitrogens with zero attached hydrogens (tertiary/aromatic N) is 1. The molecule has 1 rings (SSSR count). The van der Waals surface area contributed by atoms with E-state index in [4.69, 9.17) is 4.74 Å². The molecule has 0 aromatic heterocycles. The van der Waals surface area contributed by atoms with E-state index in [-0.39, 0.29) is 12.0 Å². The van der Waals surface area contributed by atoms with E-state index >= 15 is 0 Å². The molecule has 0 fully saturated rings. The first kappa shape index (κ1) is 18.9. The van der Waals surface area contributed by atoms with Crippen LogP contribution >= 0.6 is 0 Å². The molecule has 7 heteroatoms. The number of halogens is 2. The number of carboxylic acids is 1. The van der Waals surface area contributed by atoms with Gasteiger partial charge in [-0.15, -0.1) is 0 Å². The summed E-state index contributed by atoms with van der Waals surface area (Å²) in [5.41, 5.74) is -0.342. The van der Waals surface area contributed by atoms with Crippen LogP contribution in [0.3, 0.4) is 0 Å². The van der Waals surface area contributed by atoms with Crippen molar-refractivity contribution in [1.29, 1.82) is 0 Å². The van der Waals surface area contributed by atoms with Gasteiger partial charge in [-0.25, -0.2) is 18.4 Å². The number of ether oxygens (including phenoxy) is 1. The van der Waals surface area contributed by atoms with Crippen molar-refractivity contribution in [2.75, 3.05) is 7.05 Å². The molecule has 0 aliphatic rings. The molecule has 128 valence electrons. The van der Waals surface area contributed by atoms with Crippen molar-refractivity contribution in [3.63, 3.8) is 0 Å². The van der Waals surface area contributed by atoms with E-state index in [2.05, 4.69) is 0 Å². The lowest BCUT2D eigenvalue weighted by Crippen LogP contribution is -2.46. The van der Waals surface area contributed by atoms with E-state index < -0.39 is 30.1 Å². The first-order valence-electron chi connectivity index (χ1n) is 7.07. The van der Waals surface area contributed by atoms with Crippen LogP contribution in [0.5, 0.6) is 0 Å². The molecular formula is C16H21F2NO4. The molecule has 0 aliphatic heterocycles. The Morgan fingerprint density at radius 3 is 2.13 bits per heavy atom. The molecule has 1 N–H and O–H groups in total. The molecule has 1 unspecified atom stereocenters. The number of rotatable bonds is 5. The van der Waals surface area contributed by atoms with E-state index in [1.54, 1.807) is 20.8 Å². The topological polar surface area (TPSA) is 66.8 Å². The highest BCUT2D eigenvalue weighted by Crippen LogP contribution is 2.20. The molecule has 0 saturated heterocycles. The largest absolute Gasteiger partial charge is 0.480 e. The van der Waals surface area contributed by atoms with E-state index in [9.17, 15) is 23.5 Å². The predicted octanol–water partition coefficient (Wildman–Crippen LogP) is 3.49. The highest BCUT2D eigenvalue weighted by Gasteiger charge is 2.30. The van der Waals surface area contributed by atoms with Crippen molar-refractivity contribution in [3.05, 3.63) is 35.4 Å². The van der Waals surface area contributed by atoms with Crippen molar-refractivity contribution in [3.8, 4) is 0 Å². The van der Waals surface area contributed by atoms with Gasteiger partial charge in [0, 0.05) is 19.0 Å². The van der Waals surface area contributed by atoms with Crippen molar-refractivity contribution >= 4 is 12.1 Å². The second-order valence-corrected chi connectivity index (χ2v) is 6.19. The van der Waals surface area contributed by atoms with Crippen LogP contribution in [0, 0.1) is 0 Å². The maximum absolute atomic E-state index is 12.5. The van der Waals surface area contributed by atoms with Crippen LogP contribution in [0.25, 0.3) is 0 Å². The van der Waals surface area contributed by atoms with Gasteiger partial charge in [-0.1, -0.05) is 24.3 Å². The minimum Gasteiger partial charge on any atom is -0.480 e. The summed E-state index contributed by atoms with van der Waals surface area (Å²) in [5, 5.41) is 9.33. The van der Waals surface area contributed by atoms with Gasteiger partial charge in [-0.3, -0.25) is 4.90 Å². The molecule has 23 heavy (non-hydrogen) atoms. The number of aliphatic carboxylic acids is 1. The highest BCUT2D eigenvalue weighted by atomic mass is 19.3. The molecule has 0 radical (unpaired) electrons. The first-order valence-corrected chi connectivity index (χ1v) is 7.07. The van der Waals surface area contributed by atoms with Gasteiger partial charge in [0.25, 0.3) is 6.43 Å². The third kappa shape index (κ3) is 5.84. The lowest BCUT2D eigenvalue weighted by Gasteiger charge is -2.28. The normalized spacial score (nSPS) is 12.8. The molecule has 1 aromatic carbocycles. The summed E-state index contributed by atoms with van der Waals surface area (Å²) < 4.78 is 30.2. The molecule has 0 heterocycles. The summed E-state index contributed by atoms with van der Waals surface area (Å²) in [6, 6.07) is 4.20. The summed E-state index contributed by atoms with van der Waals surface area (Å²) in [4.78, 5) is 24.4. The molecule has 0 saturated carbocycles. The van der Waals surface area contributed by atoms with E-state index in [1.807, 2.05) is 0 Å². The van der Waals surface area contributed by atoms with Gasteiger partial charge in [0.15, 0.2) is 0 Å². The number of hydrogen-bond acceptors (Lipinski definition) is 3. The zero-order valence-corrected chi connectivity index (χ0v) is 13.5. The maximum atomic E-state index is 12.5. The van der Waals surface area contributed by atoms with Crippen LogP contribution in [0.2, 0.25) is 0 Å².